The Bertz CT molecular complexity index is 584. The van der Waals surface area contributed by atoms with Gasteiger partial charge in [0.15, 0.2) is 5.29 Å². The van der Waals surface area contributed by atoms with Crippen molar-refractivity contribution < 1.29 is 13.9 Å². The fourth-order valence-corrected chi connectivity index (χ4v) is 1.99. The van der Waals surface area contributed by atoms with Crippen molar-refractivity contribution in [3.05, 3.63) is 47.4 Å². The Morgan fingerprint density at radius 3 is 2.90 bits per heavy atom. The topological polar surface area (TPSA) is 42.1 Å². The number of carbonyl (C=O) groups excluding carboxylic acids is 1. The number of H-pyrrole nitrogens is 1. The second-order valence-corrected chi connectivity index (χ2v) is 4.76. The number of aromatic amines is 1. The summed E-state index contributed by atoms with van der Waals surface area (Å²) in [4.78, 5) is 14.8. The van der Waals surface area contributed by atoms with E-state index in [9.17, 15) is 9.18 Å². The fourth-order valence-electron chi connectivity index (χ4n) is 1.88. The van der Waals surface area contributed by atoms with Gasteiger partial charge in [-0.25, -0.2) is 4.79 Å². The highest BCUT2D eigenvalue weighted by Gasteiger charge is 2.10. The summed E-state index contributed by atoms with van der Waals surface area (Å²) in [5.41, 5.74) is 1.35. The van der Waals surface area contributed by atoms with Crippen LogP contribution in [0.15, 0.2) is 41.7 Å². The third-order valence-electron chi connectivity index (χ3n) is 2.88. The minimum absolute atomic E-state index is 0.311. The summed E-state index contributed by atoms with van der Waals surface area (Å²) in [7, 11) is 0. The van der Waals surface area contributed by atoms with Crippen LogP contribution in [-0.4, -0.2) is 17.6 Å². The summed E-state index contributed by atoms with van der Waals surface area (Å²) < 4.78 is 17.3. The van der Waals surface area contributed by atoms with Crippen LogP contribution in [-0.2, 0) is 4.74 Å². The van der Waals surface area contributed by atoms with Gasteiger partial charge < -0.3 is 9.72 Å². The Kier molecular flexibility index (Phi) is 5.18. The maximum absolute atomic E-state index is 12.2. The number of ether oxygens (including phenoxy) is 1. The van der Waals surface area contributed by atoms with E-state index in [1.54, 1.807) is 6.07 Å². The van der Waals surface area contributed by atoms with Crippen LogP contribution in [0.3, 0.4) is 0 Å². The van der Waals surface area contributed by atoms with E-state index in [4.69, 9.17) is 16.3 Å². The molecule has 0 amide bonds. The van der Waals surface area contributed by atoms with Gasteiger partial charge in [0.05, 0.1) is 6.61 Å². The second kappa shape index (κ2) is 7.10. The number of rotatable bonds is 6. The summed E-state index contributed by atoms with van der Waals surface area (Å²) in [6.45, 7) is 0.311. The van der Waals surface area contributed by atoms with Crippen molar-refractivity contribution in [3.8, 4) is 0 Å². The number of benzene rings is 1. The molecular weight excluding hydrogens is 281 g/mol. The summed E-state index contributed by atoms with van der Waals surface area (Å²) in [5, 5.41) is 0.280. The molecule has 1 N–H and O–H groups in total. The largest absolute Gasteiger partial charge is 0.461 e. The third kappa shape index (κ3) is 4.10. The average molecular weight is 296 g/mol. The molecule has 0 bridgehead atoms. The monoisotopic (exact) mass is 295 g/mol. The number of hydrogen-bond acceptors (Lipinski definition) is 2. The van der Waals surface area contributed by atoms with Crippen molar-refractivity contribution >= 4 is 28.5 Å². The third-order valence-corrected chi connectivity index (χ3v) is 3.03. The molecule has 1 heterocycles. The van der Waals surface area contributed by atoms with Crippen LogP contribution < -0.4 is 0 Å². The lowest BCUT2D eigenvalue weighted by Crippen LogP contribution is -2.06. The number of hydrogen-bond donors (Lipinski definition) is 1. The zero-order chi connectivity index (χ0) is 14.4. The molecule has 2 aromatic rings. The van der Waals surface area contributed by atoms with E-state index in [1.807, 2.05) is 24.3 Å². The highest BCUT2D eigenvalue weighted by molar-refractivity contribution is 6.28. The molecule has 5 heteroatoms. The van der Waals surface area contributed by atoms with Crippen LogP contribution >= 0.6 is 11.6 Å². The summed E-state index contributed by atoms with van der Waals surface area (Å²) in [6, 6.07) is 9.41. The van der Waals surface area contributed by atoms with Crippen LogP contribution in [0.1, 0.15) is 29.8 Å². The molecule has 106 valence electrons. The van der Waals surface area contributed by atoms with E-state index in [0.29, 0.717) is 25.1 Å². The molecule has 3 nitrogen and oxygen atoms in total. The Morgan fingerprint density at radius 2 is 2.15 bits per heavy atom. The standard InChI is InChI=1S/C15H15ClFNO2/c16-14(17)8-2-1-5-9-20-15(19)13-10-11-6-3-4-7-12(11)18-13/h3-4,6-8,10,18H,1-2,5,9H2/b14-8-. The van der Waals surface area contributed by atoms with Gasteiger partial charge in [0.1, 0.15) is 5.69 Å². The first-order valence-corrected chi connectivity index (χ1v) is 6.80. The van der Waals surface area contributed by atoms with Gasteiger partial charge in [-0.05, 0) is 37.5 Å². The van der Waals surface area contributed by atoms with Gasteiger partial charge in [-0.3, -0.25) is 0 Å². The normalized spacial score (nSPS) is 11.8. The second-order valence-electron chi connectivity index (χ2n) is 4.40. The Morgan fingerprint density at radius 1 is 1.35 bits per heavy atom. The molecule has 0 unspecified atom stereocenters. The summed E-state index contributed by atoms with van der Waals surface area (Å²) in [5.74, 6) is -0.375. The van der Waals surface area contributed by atoms with Crippen molar-refractivity contribution in [2.75, 3.05) is 6.61 Å². The first-order valence-electron chi connectivity index (χ1n) is 6.43. The van der Waals surface area contributed by atoms with Crippen LogP contribution in [0.5, 0.6) is 0 Å². The van der Waals surface area contributed by atoms with Gasteiger partial charge in [-0.15, -0.1) is 0 Å². The molecule has 20 heavy (non-hydrogen) atoms. The fraction of sp³-hybridized carbons (Fsp3) is 0.267. The van der Waals surface area contributed by atoms with Crippen molar-refractivity contribution in [1.82, 2.24) is 4.98 Å². The minimum Gasteiger partial charge on any atom is -0.461 e. The predicted octanol–water partition coefficient (Wildman–Crippen LogP) is 4.54. The molecule has 0 aliphatic carbocycles. The number of unbranched alkanes of at least 4 members (excludes halogenated alkanes) is 2. The average Bonchev–Trinajstić information content (AvgIpc) is 2.86. The van der Waals surface area contributed by atoms with Crippen molar-refractivity contribution in [2.45, 2.75) is 19.3 Å². The molecule has 0 fully saturated rings. The smallest absolute Gasteiger partial charge is 0.354 e. The molecule has 0 saturated heterocycles. The molecule has 0 radical (unpaired) electrons. The number of para-hydroxylation sites is 1. The Balaban J connectivity index is 1.79. The van der Waals surface area contributed by atoms with Crippen molar-refractivity contribution in [3.63, 3.8) is 0 Å². The van der Waals surface area contributed by atoms with E-state index < -0.39 is 5.29 Å². The summed E-state index contributed by atoms with van der Waals surface area (Å²) in [6.07, 6.45) is 3.24. The first-order chi connectivity index (χ1) is 9.66. The maximum Gasteiger partial charge on any atom is 0.354 e. The lowest BCUT2D eigenvalue weighted by molar-refractivity contribution is 0.0493. The van der Waals surface area contributed by atoms with E-state index in [1.165, 1.54) is 6.08 Å². The van der Waals surface area contributed by atoms with Crippen molar-refractivity contribution in [1.29, 1.82) is 0 Å². The van der Waals surface area contributed by atoms with E-state index in [0.717, 1.165) is 17.3 Å². The maximum atomic E-state index is 12.2. The highest BCUT2D eigenvalue weighted by atomic mass is 35.5. The quantitative estimate of drug-likeness (QED) is 0.628. The summed E-state index contributed by atoms with van der Waals surface area (Å²) >= 11 is 5.06. The SMILES string of the molecule is O=C(OCCCC/C=C(\F)Cl)c1cc2ccccc2[nH]1. The molecular formula is C15H15ClFNO2. The van der Waals surface area contributed by atoms with Gasteiger partial charge in [-0.1, -0.05) is 29.8 Å². The van der Waals surface area contributed by atoms with Crippen molar-refractivity contribution in [2.24, 2.45) is 0 Å². The molecule has 0 atom stereocenters. The highest BCUT2D eigenvalue weighted by Crippen LogP contribution is 2.15. The van der Waals surface area contributed by atoms with E-state index >= 15 is 0 Å². The van der Waals surface area contributed by atoms with Gasteiger partial charge in [-0.2, -0.15) is 4.39 Å². The van der Waals surface area contributed by atoms with Crippen LogP contribution in [0.4, 0.5) is 4.39 Å². The zero-order valence-corrected chi connectivity index (χ0v) is 11.6. The molecule has 0 spiro atoms. The Labute approximate surface area is 121 Å². The van der Waals surface area contributed by atoms with Gasteiger partial charge in [0.2, 0.25) is 0 Å². The number of esters is 1. The van der Waals surface area contributed by atoms with E-state index in [-0.39, 0.29) is 5.97 Å². The molecule has 0 saturated carbocycles. The number of carbonyl (C=O) groups is 1. The number of fused-ring (bicyclic) bond motifs is 1. The Hall–Kier alpha value is -1.81. The van der Waals surface area contributed by atoms with Gasteiger partial charge in [0, 0.05) is 10.9 Å². The van der Waals surface area contributed by atoms with Crippen LogP contribution in [0, 0.1) is 0 Å². The number of allylic oxidation sites excluding steroid dienone is 1. The number of aromatic nitrogens is 1. The number of halogens is 2. The lowest BCUT2D eigenvalue weighted by Gasteiger charge is -2.02. The zero-order valence-electron chi connectivity index (χ0n) is 10.9. The minimum atomic E-state index is -0.694. The van der Waals surface area contributed by atoms with Gasteiger partial charge in [0.25, 0.3) is 0 Å². The van der Waals surface area contributed by atoms with Crippen LogP contribution in [0.25, 0.3) is 10.9 Å². The molecule has 0 aliphatic rings. The molecule has 0 aliphatic heterocycles. The van der Waals surface area contributed by atoms with E-state index in [2.05, 4.69) is 4.98 Å². The number of nitrogens with one attached hydrogen (secondary N) is 1. The molecule has 1 aromatic heterocycles. The molecule has 1 aromatic carbocycles. The van der Waals surface area contributed by atoms with Crippen LogP contribution in [0.2, 0.25) is 0 Å². The first kappa shape index (κ1) is 14.6. The predicted molar refractivity (Wildman–Crippen MR) is 77.5 cm³/mol. The van der Waals surface area contributed by atoms with Gasteiger partial charge >= 0.3 is 5.97 Å². The lowest BCUT2D eigenvalue weighted by atomic mass is 10.2. The molecule has 2 rings (SSSR count).